The second kappa shape index (κ2) is 8.56. The molecular formula is C19H33N3O2S. The standard InChI is InChI=1S/C19H33N3O2S/c1-22(14-16-7-3-2-4-8-16)19(21-18-9-5-6-10-18)20-13-17-11-12-25(23,24)15-17/h2-3,16-18H,4-15H2,1H3,(H,20,21). The molecule has 0 aromatic carbocycles. The number of nitrogens with zero attached hydrogens (tertiary/aromatic N) is 2. The Morgan fingerprint density at radius 2 is 1.96 bits per heavy atom. The van der Waals surface area contributed by atoms with E-state index in [-0.39, 0.29) is 5.92 Å². The van der Waals surface area contributed by atoms with Gasteiger partial charge in [-0.2, -0.15) is 0 Å². The zero-order valence-corrected chi connectivity index (χ0v) is 16.3. The van der Waals surface area contributed by atoms with Crippen molar-refractivity contribution in [2.24, 2.45) is 16.8 Å². The monoisotopic (exact) mass is 367 g/mol. The molecule has 1 heterocycles. The number of guanidine groups is 1. The van der Waals surface area contributed by atoms with Crippen molar-refractivity contribution in [3.8, 4) is 0 Å². The number of nitrogens with one attached hydrogen (secondary N) is 1. The first-order valence-electron chi connectivity index (χ1n) is 9.89. The van der Waals surface area contributed by atoms with Crippen molar-refractivity contribution in [2.75, 3.05) is 31.6 Å². The fourth-order valence-corrected chi connectivity index (χ4v) is 6.11. The van der Waals surface area contributed by atoms with Gasteiger partial charge in [0, 0.05) is 26.2 Å². The van der Waals surface area contributed by atoms with Gasteiger partial charge in [-0.25, -0.2) is 8.42 Å². The lowest BCUT2D eigenvalue weighted by atomic mass is 9.94. The van der Waals surface area contributed by atoms with E-state index in [1.165, 1.54) is 38.5 Å². The highest BCUT2D eigenvalue weighted by Gasteiger charge is 2.28. The second-order valence-electron chi connectivity index (χ2n) is 8.09. The van der Waals surface area contributed by atoms with E-state index in [1.54, 1.807) is 0 Å². The number of aliphatic imine (C=N–C) groups is 1. The number of hydrogen-bond acceptors (Lipinski definition) is 3. The molecule has 2 fully saturated rings. The van der Waals surface area contributed by atoms with Crippen molar-refractivity contribution < 1.29 is 8.42 Å². The maximum Gasteiger partial charge on any atom is 0.193 e. The molecule has 3 aliphatic rings. The van der Waals surface area contributed by atoms with Crippen LogP contribution in [-0.2, 0) is 9.84 Å². The smallest absolute Gasteiger partial charge is 0.193 e. The molecule has 1 N–H and O–H groups in total. The van der Waals surface area contributed by atoms with Crippen molar-refractivity contribution >= 4 is 15.8 Å². The molecule has 0 bridgehead atoms. The molecular weight excluding hydrogens is 334 g/mol. The van der Waals surface area contributed by atoms with Gasteiger partial charge in [0.15, 0.2) is 15.8 Å². The third-order valence-electron chi connectivity index (χ3n) is 5.79. The molecule has 142 valence electrons. The summed E-state index contributed by atoms with van der Waals surface area (Å²) in [6.07, 6.45) is 14.0. The van der Waals surface area contributed by atoms with Crippen LogP contribution in [0.15, 0.2) is 17.1 Å². The van der Waals surface area contributed by atoms with Gasteiger partial charge in [0.1, 0.15) is 0 Å². The third-order valence-corrected chi connectivity index (χ3v) is 7.62. The summed E-state index contributed by atoms with van der Waals surface area (Å²) >= 11 is 0. The summed E-state index contributed by atoms with van der Waals surface area (Å²) in [5, 5.41) is 3.66. The predicted molar refractivity (Wildman–Crippen MR) is 104 cm³/mol. The van der Waals surface area contributed by atoms with Crippen molar-refractivity contribution in [3.63, 3.8) is 0 Å². The number of sulfone groups is 1. The molecule has 2 unspecified atom stereocenters. The first-order chi connectivity index (χ1) is 12.0. The quantitative estimate of drug-likeness (QED) is 0.461. The van der Waals surface area contributed by atoms with Crippen LogP contribution in [-0.4, -0.2) is 57.0 Å². The van der Waals surface area contributed by atoms with Crippen LogP contribution in [0.3, 0.4) is 0 Å². The fraction of sp³-hybridized carbons (Fsp3) is 0.842. The van der Waals surface area contributed by atoms with E-state index in [4.69, 9.17) is 4.99 Å². The van der Waals surface area contributed by atoms with Crippen molar-refractivity contribution in [3.05, 3.63) is 12.2 Å². The molecule has 0 radical (unpaired) electrons. The van der Waals surface area contributed by atoms with E-state index in [0.717, 1.165) is 25.3 Å². The number of allylic oxidation sites excluding steroid dienone is 2. The summed E-state index contributed by atoms with van der Waals surface area (Å²) in [5.41, 5.74) is 0. The van der Waals surface area contributed by atoms with Gasteiger partial charge in [0.25, 0.3) is 0 Å². The minimum absolute atomic E-state index is 0.191. The minimum Gasteiger partial charge on any atom is -0.354 e. The Morgan fingerprint density at radius 3 is 2.60 bits per heavy atom. The Morgan fingerprint density at radius 1 is 1.16 bits per heavy atom. The molecule has 0 aromatic rings. The topological polar surface area (TPSA) is 61.8 Å². The Hall–Kier alpha value is -1.04. The first-order valence-corrected chi connectivity index (χ1v) is 11.7. The van der Waals surface area contributed by atoms with Gasteiger partial charge < -0.3 is 10.2 Å². The summed E-state index contributed by atoms with van der Waals surface area (Å²) in [7, 11) is -0.690. The van der Waals surface area contributed by atoms with Crippen LogP contribution in [0.4, 0.5) is 0 Å². The van der Waals surface area contributed by atoms with Gasteiger partial charge in [-0.15, -0.1) is 0 Å². The Kier molecular flexibility index (Phi) is 6.42. The van der Waals surface area contributed by atoms with Gasteiger partial charge in [-0.3, -0.25) is 4.99 Å². The molecule has 25 heavy (non-hydrogen) atoms. The molecule has 0 amide bonds. The van der Waals surface area contributed by atoms with E-state index in [1.807, 2.05) is 0 Å². The zero-order chi connectivity index (χ0) is 17.7. The minimum atomic E-state index is -2.82. The van der Waals surface area contributed by atoms with Crippen LogP contribution in [0.2, 0.25) is 0 Å². The van der Waals surface area contributed by atoms with Gasteiger partial charge in [-0.1, -0.05) is 25.0 Å². The lowest BCUT2D eigenvalue weighted by Gasteiger charge is -2.29. The van der Waals surface area contributed by atoms with Crippen LogP contribution in [0.25, 0.3) is 0 Å². The van der Waals surface area contributed by atoms with E-state index in [9.17, 15) is 8.42 Å². The van der Waals surface area contributed by atoms with Crippen molar-refractivity contribution in [2.45, 2.75) is 57.4 Å². The van der Waals surface area contributed by atoms with Crippen LogP contribution in [0, 0.1) is 11.8 Å². The largest absolute Gasteiger partial charge is 0.354 e. The molecule has 1 aliphatic heterocycles. The van der Waals surface area contributed by atoms with E-state index >= 15 is 0 Å². The van der Waals surface area contributed by atoms with Crippen LogP contribution >= 0.6 is 0 Å². The molecule has 0 spiro atoms. The SMILES string of the molecule is CN(CC1CC=CCC1)C(=NCC1CCS(=O)(=O)C1)NC1CCCC1. The van der Waals surface area contributed by atoms with Crippen LogP contribution in [0.5, 0.6) is 0 Å². The third kappa shape index (κ3) is 5.73. The lowest BCUT2D eigenvalue weighted by molar-refractivity contribution is 0.347. The van der Waals surface area contributed by atoms with E-state index in [0.29, 0.717) is 30.0 Å². The predicted octanol–water partition coefficient (Wildman–Crippen LogP) is 2.60. The highest BCUT2D eigenvalue weighted by Crippen LogP contribution is 2.22. The van der Waals surface area contributed by atoms with Crippen molar-refractivity contribution in [1.29, 1.82) is 0 Å². The molecule has 6 heteroatoms. The summed E-state index contributed by atoms with van der Waals surface area (Å²) in [5.74, 6) is 2.51. The fourth-order valence-electron chi connectivity index (χ4n) is 4.26. The Labute approximate surface area is 152 Å². The average Bonchev–Trinajstić information content (AvgIpc) is 3.21. The lowest BCUT2D eigenvalue weighted by Crippen LogP contribution is -2.45. The molecule has 1 saturated heterocycles. The maximum atomic E-state index is 11.7. The first kappa shape index (κ1) is 18.7. The zero-order valence-electron chi connectivity index (χ0n) is 15.5. The summed E-state index contributed by atoms with van der Waals surface area (Å²) in [6, 6.07) is 0.528. The molecule has 0 aromatic heterocycles. The van der Waals surface area contributed by atoms with Crippen molar-refractivity contribution in [1.82, 2.24) is 10.2 Å². The molecule has 5 nitrogen and oxygen atoms in total. The molecule has 3 rings (SSSR count). The molecule has 2 aliphatic carbocycles. The highest BCUT2D eigenvalue weighted by atomic mass is 32.2. The van der Waals surface area contributed by atoms with Gasteiger partial charge in [0.05, 0.1) is 11.5 Å². The summed E-state index contributed by atoms with van der Waals surface area (Å²) in [6.45, 7) is 1.65. The normalized spacial score (nSPS) is 29.9. The average molecular weight is 368 g/mol. The maximum absolute atomic E-state index is 11.7. The summed E-state index contributed by atoms with van der Waals surface area (Å²) in [4.78, 5) is 7.12. The van der Waals surface area contributed by atoms with Crippen LogP contribution in [0.1, 0.15) is 51.4 Å². The van der Waals surface area contributed by atoms with Gasteiger partial charge in [0.2, 0.25) is 0 Å². The van der Waals surface area contributed by atoms with Crippen LogP contribution < -0.4 is 5.32 Å². The Balaban J connectivity index is 1.60. The molecule has 1 saturated carbocycles. The van der Waals surface area contributed by atoms with Gasteiger partial charge in [-0.05, 0) is 50.4 Å². The highest BCUT2D eigenvalue weighted by molar-refractivity contribution is 7.91. The summed E-state index contributed by atoms with van der Waals surface area (Å²) < 4.78 is 23.4. The number of rotatable bonds is 5. The van der Waals surface area contributed by atoms with E-state index < -0.39 is 9.84 Å². The Bertz CT molecular complexity index is 594. The molecule has 2 atom stereocenters. The van der Waals surface area contributed by atoms with Gasteiger partial charge >= 0.3 is 0 Å². The van der Waals surface area contributed by atoms with E-state index in [2.05, 4.69) is 29.4 Å². The second-order valence-corrected chi connectivity index (χ2v) is 10.3. The number of hydrogen-bond donors (Lipinski definition) is 1.